The van der Waals surface area contributed by atoms with E-state index in [9.17, 15) is 4.79 Å². The fourth-order valence-corrected chi connectivity index (χ4v) is 0.697. The van der Waals surface area contributed by atoms with E-state index >= 15 is 0 Å². The number of carbonyl (C=O) groups is 1. The van der Waals surface area contributed by atoms with Gasteiger partial charge < -0.3 is 0 Å². The predicted octanol–water partition coefficient (Wildman–Crippen LogP) is 0.0882. The molecule has 0 saturated carbocycles. The third kappa shape index (κ3) is 2.75. The Morgan fingerprint density at radius 2 is 2.31 bits per heavy atom. The third-order valence-electron chi connectivity index (χ3n) is 1.30. The predicted molar refractivity (Wildman–Crippen MR) is 51.1 cm³/mol. The molecule has 0 radical (unpaired) electrons. The molecule has 1 rings (SSSR count). The molecule has 0 unspecified atom stereocenters. The van der Waals surface area contributed by atoms with Crippen molar-refractivity contribution in [2.75, 3.05) is 0 Å². The molecule has 68 valence electrons. The van der Waals surface area contributed by atoms with Gasteiger partial charge in [0.25, 0.3) is 5.91 Å². The number of hydrogen-bond donors (Lipinski definition) is 2. The highest BCUT2D eigenvalue weighted by Crippen LogP contribution is 1.97. The number of aromatic nitrogens is 1. The quantitative estimate of drug-likeness (QED) is 0.290. The van der Waals surface area contributed by atoms with Gasteiger partial charge in [-0.25, -0.2) is 10.8 Å². The molecule has 0 atom stereocenters. The van der Waals surface area contributed by atoms with Crippen molar-refractivity contribution in [2.45, 2.75) is 0 Å². The van der Waals surface area contributed by atoms with Crippen LogP contribution in [0, 0.1) is 12.3 Å². The number of hydrazine groups is 1. The van der Waals surface area contributed by atoms with Gasteiger partial charge in [-0.15, -0.1) is 18.8 Å². The van der Waals surface area contributed by atoms with Crippen LogP contribution in [-0.4, -0.2) is 10.9 Å². The van der Waals surface area contributed by atoms with Crippen LogP contribution in [0.3, 0.4) is 0 Å². The highest BCUT2D eigenvalue weighted by molar-refractivity contribution is 5.93. The van der Waals surface area contributed by atoms with E-state index in [4.69, 9.17) is 12.3 Å². The lowest BCUT2D eigenvalue weighted by atomic mass is 10.2. The van der Waals surface area contributed by atoms with Crippen molar-refractivity contribution < 1.29 is 4.79 Å². The summed E-state index contributed by atoms with van der Waals surface area (Å²) in [5, 5.41) is 0. The normalized spacial score (nSPS) is 8.00. The molecule has 0 aliphatic rings. The van der Waals surface area contributed by atoms with Crippen LogP contribution in [0.4, 0.5) is 0 Å². The molecule has 0 spiro atoms. The van der Waals surface area contributed by atoms with Crippen LogP contribution < -0.4 is 11.3 Å². The van der Waals surface area contributed by atoms with Gasteiger partial charge in [-0.05, 0) is 12.1 Å². The van der Waals surface area contributed by atoms with E-state index < -0.39 is 0 Å². The lowest BCUT2D eigenvalue weighted by molar-refractivity contribution is 0.0953. The van der Waals surface area contributed by atoms with Gasteiger partial charge in [-0.3, -0.25) is 10.2 Å². The first-order valence-corrected chi connectivity index (χ1v) is 3.21. The van der Waals surface area contributed by atoms with Crippen molar-refractivity contribution in [1.82, 2.24) is 10.4 Å². The SMILES string of the molecule is C#Cc1ccc(C(=O)NN)cn1.Cl. The van der Waals surface area contributed by atoms with Crippen LogP contribution in [0.2, 0.25) is 0 Å². The summed E-state index contributed by atoms with van der Waals surface area (Å²) in [6.45, 7) is 0. The Kier molecular flexibility index (Phi) is 4.52. The number of pyridine rings is 1. The van der Waals surface area contributed by atoms with Gasteiger partial charge in [0.05, 0.1) is 5.56 Å². The van der Waals surface area contributed by atoms with E-state index in [2.05, 4.69) is 10.9 Å². The zero-order valence-electron chi connectivity index (χ0n) is 6.65. The summed E-state index contributed by atoms with van der Waals surface area (Å²) in [7, 11) is 0. The van der Waals surface area contributed by atoms with Gasteiger partial charge in [0.1, 0.15) is 5.69 Å². The minimum absolute atomic E-state index is 0. The molecule has 5 heteroatoms. The van der Waals surface area contributed by atoms with Gasteiger partial charge in [-0.2, -0.15) is 0 Å². The molecule has 1 aromatic rings. The fraction of sp³-hybridized carbons (Fsp3) is 0. The average molecular weight is 198 g/mol. The highest BCUT2D eigenvalue weighted by atomic mass is 35.5. The number of carbonyl (C=O) groups excluding carboxylic acids is 1. The topological polar surface area (TPSA) is 68.0 Å². The number of hydrogen-bond acceptors (Lipinski definition) is 3. The minimum atomic E-state index is -0.383. The average Bonchev–Trinajstić information content (AvgIpc) is 2.17. The molecule has 13 heavy (non-hydrogen) atoms. The Hall–Kier alpha value is -1.57. The molecule has 1 aromatic heterocycles. The van der Waals surface area contributed by atoms with Crippen LogP contribution in [0.25, 0.3) is 0 Å². The van der Waals surface area contributed by atoms with E-state index in [1.807, 2.05) is 5.43 Å². The van der Waals surface area contributed by atoms with E-state index in [-0.39, 0.29) is 18.3 Å². The molecule has 0 saturated heterocycles. The second kappa shape index (κ2) is 5.14. The zero-order chi connectivity index (χ0) is 8.97. The molecule has 0 aliphatic carbocycles. The van der Waals surface area contributed by atoms with Crippen LogP contribution in [-0.2, 0) is 0 Å². The Balaban J connectivity index is 0.00000144. The summed E-state index contributed by atoms with van der Waals surface area (Å²) in [4.78, 5) is 14.7. The first kappa shape index (κ1) is 11.4. The summed E-state index contributed by atoms with van der Waals surface area (Å²) in [6.07, 6.45) is 6.44. The fourth-order valence-electron chi connectivity index (χ4n) is 0.697. The summed E-state index contributed by atoms with van der Waals surface area (Å²) >= 11 is 0. The van der Waals surface area contributed by atoms with Gasteiger partial charge in [0, 0.05) is 6.20 Å². The van der Waals surface area contributed by atoms with Gasteiger partial charge in [0.2, 0.25) is 0 Å². The second-order valence-corrected chi connectivity index (χ2v) is 2.05. The van der Waals surface area contributed by atoms with Crippen LogP contribution in [0.15, 0.2) is 18.3 Å². The van der Waals surface area contributed by atoms with E-state index in [0.717, 1.165) is 0 Å². The summed E-state index contributed by atoms with van der Waals surface area (Å²) in [6, 6.07) is 3.13. The molecule has 0 fully saturated rings. The van der Waals surface area contributed by atoms with E-state index in [0.29, 0.717) is 11.3 Å². The van der Waals surface area contributed by atoms with Crippen molar-refractivity contribution in [3.8, 4) is 12.3 Å². The number of rotatable bonds is 1. The molecule has 4 nitrogen and oxygen atoms in total. The van der Waals surface area contributed by atoms with E-state index in [1.54, 1.807) is 12.1 Å². The number of nitrogen functional groups attached to an aromatic ring is 1. The molecular formula is C8H8ClN3O. The van der Waals surface area contributed by atoms with Gasteiger partial charge in [-0.1, -0.05) is 5.92 Å². The molecule has 1 amide bonds. The maximum Gasteiger partial charge on any atom is 0.266 e. The summed E-state index contributed by atoms with van der Waals surface area (Å²) < 4.78 is 0. The smallest absolute Gasteiger partial charge is 0.266 e. The van der Waals surface area contributed by atoms with E-state index in [1.165, 1.54) is 6.20 Å². The Morgan fingerprint density at radius 3 is 2.69 bits per heavy atom. The number of nitrogens with two attached hydrogens (primary N) is 1. The molecular weight excluding hydrogens is 190 g/mol. The monoisotopic (exact) mass is 197 g/mol. The number of terminal acetylenes is 1. The molecule has 0 bridgehead atoms. The standard InChI is InChI=1S/C8H7N3O.ClH/c1-2-7-4-3-6(5-10-7)8(12)11-9;/h1,3-5H,9H2,(H,11,12);1H. The van der Waals surface area contributed by atoms with Crippen molar-refractivity contribution in [3.63, 3.8) is 0 Å². The van der Waals surface area contributed by atoms with Crippen LogP contribution in [0.5, 0.6) is 0 Å². The number of nitrogens with one attached hydrogen (secondary N) is 1. The summed E-state index contributed by atoms with van der Waals surface area (Å²) in [5.74, 6) is 6.86. The number of amides is 1. The largest absolute Gasteiger partial charge is 0.290 e. The van der Waals surface area contributed by atoms with Crippen molar-refractivity contribution in [3.05, 3.63) is 29.6 Å². The zero-order valence-corrected chi connectivity index (χ0v) is 7.47. The lowest BCUT2D eigenvalue weighted by Gasteiger charge is -1.97. The van der Waals surface area contributed by atoms with Crippen molar-refractivity contribution in [2.24, 2.45) is 5.84 Å². The summed E-state index contributed by atoms with van der Waals surface area (Å²) in [5.41, 5.74) is 2.86. The third-order valence-corrected chi connectivity index (χ3v) is 1.30. The van der Waals surface area contributed by atoms with Crippen LogP contribution >= 0.6 is 12.4 Å². The molecule has 0 aromatic carbocycles. The maximum absolute atomic E-state index is 10.9. The number of halogens is 1. The first-order valence-electron chi connectivity index (χ1n) is 3.21. The highest BCUT2D eigenvalue weighted by Gasteiger charge is 2.01. The Labute approximate surface area is 81.9 Å². The molecule has 1 heterocycles. The second-order valence-electron chi connectivity index (χ2n) is 2.05. The maximum atomic E-state index is 10.9. The molecule has 3 N–H and O–H groups in total. The van der Waals surface area contributed by atoms with Crippen molar-refractivity contribution >= 4 is 18.3 Å². The minimum Gasteiger partial charge on any atom is -0.290 e. The van der Waals surface area contributed by atoms with Gasteiger partial charge >= 0.3 is 0 Å². The van der Waals surface area contributed by atoms with Gasteiger partial charge in [0.15, 0.2) is 0 Å². The Bertz CT molecular complexity index is 328. The number of nitrogens with zero attached hydrogens (tertiary/aromatic N) is 1. The molecule has 0 aliphatic heterocycles. The van der Waals surface area contributed by atoms with Crippen molar-refractivity contribution in [1.29, 1.82) is 0 Å². The van der Waals surface area contributed by atoms with Crippen LogP contribution in [0.1, 0.15) is 16.1 Å². The Morgan fingerprint density at radius 1 is 1.62 bits per heavy atom. The lowest BCUT2D eigenvalue weighted by Crippen LogP contribution is -2.30. The first-order chi connectivity index (χ1) is 5.77.